The van der Waals surface area contributed by atoms with Crippen LogP contribution in [0.5, 0.6) is 0 Å². The van der Waals surface area contributed by atoms with E-state index in [2.05, 4.69) is 4.98 Å². The van der Waals surface area contributed by atoms with Gasteiger partial charge in [-0.1, -0.05) is 29.3 Å². The van der Waals surface area contributed by atoms with Crippen molar-refractivity contribution >= 4 is 51.7 Å². The maximum Gasteiger partial charge on any atom is 0.335 e. The van der Waals surface area contributed by atoms with Crippen molar-refractivity contribution in [1.29, 1.82) is 0 Å². The first kappa shape index (κ1) is 19.6. The van der Waals surface area contributed by atoms with E-state index in [-0.39, 0.29) is 11.1 Å². The van der Waals surface area contributed by atoms with Gasteiger partial charge in [0.15, 0.2) is 0 Å². The number of aromatic carboxylic acids is 1. The Labute approximate surface area is 186 Å². The molecule has 1 aliphatic rings. The van der Waals surface area contributed by atoms with Crippen molar-refractivity contribution < 1.29 is 14.3 Å². The van der Waals surface area contributed by atoms with Gasteiger partial charge in [-0.15, -0.1) is 0 Å². The molecule has 0 fully saturated rings. The molecule has 2 aromatic carbocycles. The molecule has 1 aliphatic heterocycles. The van der Waals surface area contributed by atoms with Crippen LogP contribution in [0.15, 0.2) is 57.7 Å². The fourth-order valence-corrected chi connectivity index (χ4v) is 4.12. The van der Waals surface area contributed by atoms with E-state index in [0.29, 0.717) is 56.8 Å². The summed E-state index contributed by atoms with van der Waals surface area (Å²) in [4.78, 5) is 28.7. The highest BCUT2D eigenvalue weighted by Crippen LogP contribution is 2.35. The van der Waals surface area contributed by atoms with Crippen LogP contribution in [0.1, 0.15) is 28.4 Å². The lowest BCUT2D eigenvalue weighted by Gasteiger charge is -2.06. The Balaban J connectivity index is 1.58. The summed E-state index contributed by atoms with van der Waals surface area (Å²) < 4.78 is 7.54. The van der Waals surface area contributed by atoms with Crippen LogP contribution in [0.3, 0.4) is 0 Å². The summed E-state index contributed by atoms with van der Waals surface area (Å²) in [7, 11) is 0. The van der Waals surface area contributed by atoms with Crippen LogP contribution in [0.4, 0.5) is 0 Å². The summed E-state index contributed by atoms with van der Waals surface area (Å²) in [6, 6.07) is 13.3. The molecule has 3 heterocycles. The second kappa shape index (κ2) is 7.41. The van der Waals surface area contributed by atoms with E-state index in [1.165, 1.54) is 18.2 Å². The number of fused-ring (bicyclic) bond motifs is 2. The minimum Gasteiger partial charge on any atom is -0.478 e. The van der Waals surface area contributed by atoms with Crippen molar-refractivity contribution in [3.8, 4) is 11.3 Å². The summed E-state index contributed by atoms with van der Waals surface area (Å²) in [5.41, 5.74) is 1.77. The molecule has 6 nitrogen and oxygen atoms in total. The van der Waals surface area contributed by atoms with Gasteiger partial charge < -0.3 is 9.52 Å². The van der Waals surface area contributed by atoms with E-state index in [4.69, 9.17) is 27.6 Å². The Morgan fingerprint density at radius 2 is 2.00 bits per heavy atom. The quantitative estimate of drug-likeness (QED) is 0.436. The number of benzene rings is 2. The van der Waals surface area contributed by atoms with E-state index in [1.54, 1.807) is 22.8 Å². The van der Waals surface area contributed by atoms with Crippen molar-refractivity contribution in [2.75, 3.05) is 0 Å². The van der Waals surface area contributed by atoms with Crippen molar-refractivity contribution in [3.63, 3.8) is 0 Å². The molecule has 1 N–H and O–H groups in total. The zero-order valence-electron chi connectivity index (χ0n) is 15.9. The number of rotatable bonds is 3. The summed E-state index contributed by atoms with van der Waals surface area (Å²) in [6.45, 7) is 0.497. The molecule has 154 valence electrons. The highest BCUT2D eigenvalue weighted by Gasteiger charge is 2.22. The smallest absolute Gasteiger partial charge is 0.335 e. The van der Waals surface area contributed by atoms with E-state index >= 15 is 0 Å². The van der Waals surface area contributed by atoms with Crippen LogP contribution in [-0.4, -0.2) is 20.6 Å². The van der Waals surface area contributed by atoms with Crippen LogP contribution in [0.25, 0.3) is 33.9 Å². The lowest BCUT2D eigenvalue weighted by atomic mass is 10.1. The molecule has 0 spiro atoms. The van der Waals surface area contributed by atoms with Gasteiger partial charge in [0.2, 0.25) is 0 Å². The Kier molecular flexibility index (Phi) is 4.68. The number of nitrogens with zero attached hydrogens (tertiary/aromatic N) is 2. The monoisotopic (exact) mass is 452 g/mol. The van der Waals surface area contributed by atoms with Crippen LogP contribution in [0.2, 0.25) is 10.0 Å². The maximum absolute atomic E-state index is 12.9. The zero-order chi connectivity index (χ0) is 21.7. The number of carbonyl (C=O) groups is 1. The average molecular weight is 453 g/mol. The van der Waals surface area contributed by atoms with Gasteiger partial charge in [-0.3, -0.25) is 9.36 Å². The second-order valence-corrected chi connectivity index (χ2v) is 7.94. The minimum atomic E-state index is -1.07. The van der Waals surface area contributed by atoms with Gasteiger partial charge >= 0.3 is 5.97 Å². The average Bonchev–Trinajstić information content (AvgIpc) is 3.38. The van der Waals surface area contributed by atoms with Crippen LogP contribution in [0, 0.1) is 0 Å². The molecular formula is C23H14Cl2N2O4. The molecule has 2 aromatic heterocycles. The third-order valence-corrected chi connectivity index (χ3v) is 6.07. The number of carboxylic acid groups (broad SMARTS) is 1. The van der Waals surface area contributed by atoms with Gasteiger partial charge in [-0.25, -0.2) is 9.78 Å². The number of hydrogen-bond acceptors (Lipinski definition) is 4. The lowest BCUT2D eigenvalue weighted by Crippen LogP contribution is -2.20. The molecule has 31 heavy (non-hydrogen) atoms. The zero-order valence-corrected chi connectivity index (χ0v) is 17.4. The molecule has 0 aliphatic carbocycles. The SMILES string of the molecule is O=C(O)c1ccc2c(=O)n3c(nc2c1)C(=Cc1ccc(-c2cccc(Cl)c2Cl)o1)CC3. The first-order valence-corrected chi connectivity index (χ1v) is 10.2. The summed E-state index contributed by atoms with van der Waals surface area (Å²) in [6.07, 6.45) is 2.44. The first-order chi connectivity index (χ1) is 14.9. The molecular weight excluding hydrogens is 439 g/mol. The fourth-order valence-electron chi connectivity index (χ4n) is 3.73. The Bertz CT molecular complexity index is 1470. The molecule has 0 bridgehead atoms. The van der Waals surface area contributed by atoms with E-state index in [9.17, 15) is 14.7 Å². The molecule has 4 aromatic rings. The molecule has 0 saturated carbocycles. The predicted octanol–water partition coefficient (Wildman–Crippen LogP) is 5.61. The lowest BCUT2D eigenvalue weighted by molar-refractivity contribution is 0.0697. The third kappa shape index (κ3) is 3.34. The molecule has 8 heteroatoms. The molecule has 0 radical (unpaired) electrons. The Morgan fingerprint density at radius 1 is 1.16 bits per heavy atom. The van der Waals surface area contributed by atoms with Crippen molar-refractivity contribution in [1.82, 2.24) is 9.55 Å². The summed E-state index contributed by atoms with van der Waals surface area (Å²) in [5.74, 6) is 0.608. The maximum atomic E-state index is 12.9. The van der Waals surface area contributed by atoms with Crippen LogP contribution < -0.4 is 5.56 Å². The van der Waals surface area contributed by atoms with Gasteiger partial charge in [0.1, 0.15) is 17.3 Å². The molecule has 0 atom stereocenters. The highest BCUT2D eigenvalue weighted by atomic mass is 35.5. The standard InChI is InChI=1S/C23H14Cl2N2O4/c24-17-3-1-2-16(20(17)25)19-7-5-14(31-19)10-12-8-9-27-21(12)26-18-11-13(23(29)30)4-6-15(18)22(27)28/h1-7,10-11H,8-9H2,(H,29,30). The number of allylic oxidation sites excluding steroid dienone is 1. The van der Waals surface area contributed by atoms with E-state index < -0.39 is 5.97 Å². The molecule has 0 amide bonds. The number of hydrogen-bond donors (Lipinski definition) is 1. The number of aromatic nitrogens is 2. The molecule has 0 unspecified atom stereocenters. The molecule has 5 rings (SSSR count). The fraction of sp³-hybridized carbons (Fsp3) is 0.0870. The normalized spacial score (nSPS) is 14.3. The number of halogens is 2. The van der Waals surface area contributed by atoms with E-state index in [1.807, 2.05) is 18.2 Å². The highest BCUT2D eigenvalue weighted by molar-refractivity contribution is 6.43. The van der Waals surface area contributed by atoms with Crippen LogP contribution >= 0.6 is 23.2 Å². The van der Waals surface area contributed by atoms with Gasteiger partial charge in [0, 0.05) is 17.7 Å². The molecule has 0 saturated heterocycles. The summed E-state index contributed by atoms with van der Waals surface area (Å²) in [5, 5.41) is 10.5. The van der Waals surface area contributed by atoms with Crippen molar-refractivity contribution in [2.45, 2.75) is 13.0 Å². The Morgan fingerprint density at radius 3 is 2.81 bits per heavy atom. The van der Waals surface area contributed by atoms with Gasteiger partial charge in [0.05, 0.1) is 26.5 Å². The van der Waals surface area contributed by atoms with Crippen molar-refractivity contribution in [2.24, 2.45) is 0 Å². The number of furan rings is 1. The topological polar surface area (TPSA) is 85.3 Å². The van der Waals surface area contributed by atoms with Gasteiger partial charge in [-0.05, 0) is 55.0 Å². The third-order valence-electron chi connectivity index (χ3n) is 5.25. The van der Waals surface area contributed by atoms with Gasteiger partial charge in [0.25, 0.3) is 5.56 Å². The first-order valence-electron chi connectivity index (χ1n) is 9.45. The van der Waals surface area contributed by atoms with Crippen molar-refractivity contribution in [3.05, 3.63) is 86.1 Å². The minimum absolute atomic E-state index is 0.0851. The van der Waals surface area contributed by atoms with Crippen LogP contribution in [-0.2, 0) is 6.54 Å². The number of carboxylic acids is 1. The van der Waals surface area contributed by atoms with Gasteiger partial charge in [-0.2, -0.15) is 0 Å². The Hall–Kier alpha value is -3.35. The van der Waals surface area contributed by atoms with E-state index in [0.717, 1.165) is 5.57 Å². The summed E-state index contributed by atoms with van der Waals surface area (Å²) >= 11 is 12.4. The largest absolute Gasteiger partial charge is 0.478 e. The second-order valence-electron chi connectivity index (χ2n) is 7.15. The predicted molar refractivity (Wildman–Crippen MR) is 120 cm³/mol.